The number of nitro groups is 1. The maximum Gasteiger partial charge on any atom is 0.254 e. The quantitative estimate of drug-likeness (QED) is 0.342. The molecule has 0 N–H and O–H groups in total. The molecule has 1 aromatic heterocycles. The van der Waals surface area contributed by atoms with Crippen molar-refractivity contribution in [2.24, 2.45) is 0 Å². The van der Waals surface area contributed by atoms with Crippen LogP contribution >= 0.6 is 0 Å². The minimum Gasteiger partial charge on any atom is -0.469 e. The van der Waals surface area contributed by atoms with Crippen molar-refractivity contribution in [3.8, 4) is 0 Å². The van der Waals surface area contributed by atoms with Gasteiger partial charge >= 0.3 is 0 Å². The predicted molar refractivity (Wildman–Crippen MR) is 91.2 cm³/mol. The summed E-state index contributed by atoms with van der Waals surface area (Å²) in [7, 11) is 1.49. The number of methoxy groups -OCH3 is 1. The molecule has 1 aromatic rings. The largest absolute Gasteiger partial charge is 0.469 e. The van der Waals surface area contributed by atoms with Crippen LogP contribution in [0.3, 0.4) is 0 Å². The lowest BCUT2D eigenvalue weighted by Gasteiger charge is -2.52. The van der Waals surface area contributed by atoms with Gasteiger partial charge in [-0.25, -0.2) is 0 Å². The second-order valence-electron chi connectivity index (χ2n) is 7.56. The van der Waals surface area contributed by atoms with Crippen molar-refractivity contribution in [3.05, 3.63) is 46.4 Å². The number of rotatable bonds is 5. The first kappa shape index (κ1) is 19.0. The van der Waals surface area contributed by atoms with Crippen LogP contribution in [0.5, 0.6) is 0 Å². The zero-order chi connectivity index (χ0) is 19.3. The van der Waals surface area contributed by atoms with E-state index in [0.29, 0.717) is 11.3 Å². The molecular formula is C18H25NO7. The van der Waals surface area contributed by atoms with Gasteiger partial charge in [-0.1, -0.05) is 6.58 Å². The molecule has 1 aliphatic carbocycles. The van der Waals surface area contributed by atoms with Gasteiger partial charge in [-0.3, -0.25) is 10.1 Å². The van der Waals surface area contributed by atoms with Gasteiger partial charge in [-0.2, -0.15) is 0 Å². The molecule has 0 spiro atoms. The molecule has 8 heteroatoms. The normalized spacial score (nSPS) is 33.9. The average molecular weight is 367 g/mol. The molecule has 1 aliphatic heterocycles. The van der Waals surface area contributed by atoms with E-state index in [-0.39, 0.29) is 4.92 Å². The van der Waals surface area contributed by atoms with Crippen LogP contribution in [0.1, 0.15) is 39.4 Å². The lowest BCUT2D eigenvalue weighted by Crippen LogP contribution is -2.65. The summed E-state index contributed by atoms with van der Waals surface area (Å²) in [6.07, 6.45) is -0.738. The van der Waals surface area contributed by atoms with Gasteiger partial charge in [0.25, 0.3) is 6.04 Å². The topological polar surface area (TPSA) is 93.2 Å². The van der Waals surface area contributed by atoms with Crippen molar-refractivity contribution >= 4 is 0 Å². The fraction of sp³-hybridized carbons (Fsp3) is 0.667. The highest BCUT2D eigenvalue weighted by molar-refractivity contribution is 5.29. The Kier molecular flexibility index (Phi) is 4.72. The summed E-state index contributed by atoms with van der Waals surface area (Å²) in [6.45, 7) is 11.0. The minimum absolute atomic E-state index is 0.360. The fourth-order valence-electron chi connectivity index (χ4n) is 3.65. The molecule has 3 rings (SSSR count). The first-order chi connectivity index (χ1) is 12.1. The first-order valence-corrected chi connectivity index (χ1v) is 8.50. The second-order valence-corrected chi connectivity index (χ2v) is 7.56. The number of nitrogens with zero attached hydrogens (tertiary/aromatic N) is 1. The number of fused-ring (bicyclic) bond motifs is 2. The summed E-state index contributed by atoms with van der Waals surface area (Å²) in [5.74, 6) is -2.21. The Morgan fingerprint density at radius 2 is 1.96 bits per heavy atom. The molecule has 144 valence electrons. The van der Waals surface area contributed by atoms with E-state index < -0.39 is 41.8 Å². The standard InChI is InChI=1S/C18H25NO7/c1-10-14-12(11-8-7-9-23-11)13(19(20)21)16(26-17(2,3)22-6)15(10)25-18(4,5)24-14/h7-9,12-16H,1H2,2-6H3/t12-,13-,14+,15-,16+/m1/s1. The van der Waals surface area contributed by atoms with E-state index in [0.717, 1.165) is 0 Å². The lowest BCUT2D eigenvalue weighted by atomic mass is 9.73. The van der Waals surface area contributed by atoms with E-state index in [9.17, 15) is 10.1 Å². The summed E-state index contributed by atoms with van der Waals surface area (Å²) in [6, 6.07) is 2.26. The zero-order valence-electron chi connectivity index (χ0n) is 15.6. The number of ether oxygens (including phenoxy) is 4. The number of hydrogen-bond acceptors (Lipinski definition) is 7. The summed E-state index contributed by atoms with van der Waals surface area (Å²) < 4.78 is 28.9. The van der Waals surface area contributed by atoms with Crippen LogP contribution in [0.15, 0.2) is 35.0 Å². The van der Waals surface area contributed by atoms with Crippen LogP contribution in [0.2, 0.25) is 0 Å². The molecule has 2 aliphatic rings. The Labute approximate surface area is 152 Å². The average Bonchev–Trinajstić information content (AvgIpc) is 3.05. The predicted octanol–water partition coefficient (Wildman–Crippen LogP) is 2.87. The monoisotopic (exact) mass is 367 g/mol. The summed E-state index contributed by atoms with van der Waals surface area (Å²) in [5, 5.41) is 12.0. The lowest BCUT2D eigenvalue weighted by molar-refractivity contribution is -0.558. The molecule has 1 saturated carbocycles. The molecule has 5 atom stereocenters. The molecule has 0 amide bonds. The number of hydrogen-bond donors (Lipinski definition) is 0. The van der Waals surface area contributed by atoms with E-state index in [1.807, 2.05) is 0 Å². The minimum atomic E-state index is -1.15. The van der Waals surface area contributed by atoms with Crippen molar-refractivity contribution in [1.29, 1.82) is 0 Å². The van der Waals surface area contributed by atoms with Gasteiger partial charge in [0, 0.05) is 12.0 Å². The van der Waals surface area contributed by atoms with Gasteiger partial charge in [0.05, 0.1) is 6.26 Å². The maximum absolute atomic E-state index is 12.0. The van der Waals surface area contributed by atoms with Crippen LogP contribution in [0.4, 0.5) is 0 Å². The summed E-state index contributed by atoms with van der Waals surface area (Å²) in [5.41, 5.74) is 0.598. The number of furan rings is 1. The van der Waals surface area contributed by atoms with Crippen molar-refractivity contribution in [2.75, 3.05) is 7.11 Å². The molecule has 1 saturated heterocycles. The third kappa shape index (κ3) is 3.29. The van der Waals surface area contributed by atoms with E-state index >= 15 is 0 Å². The van der Waals surface area contributed by atoms with E-state index in [4.69, 9.17) is 23.4 Å². The van der Waals surface area contributed by atoms with Crippen LogP contribution in [0, 0.1) is 10.1 Å². The van der Waals surface area contributed by atoms with Crippen LogP contribution < -0.4 is 0 Å². The van der Waals surface area contributed by atoms with Gasteiger partial charge < -0.3 is 23.4 Å². The fourth-order valence-corrected chi connectivity index (χ4v) is 3.65. The van der Waals surface area contributed by atoms with Gasteiger partial charge in [0.15, 0.2) is 17.7 Å². The molecule has 2 bridgehead atoms. The summed E-state index contributed by atoms with van der Waals surface area (Å²) in [4.78, 5) is 11.7. The van der Waals surface area contributed by atoms with E-state index in [1.54, 1.807) is 39.8 Å². The van der Waals surface area contributed by atoms with Crippen molar-refractivity contribution in [2.45, 2.75) is 69.5 Å². The Hall–Kier alpha value is -1.74. The molecule has 0 unspecified atom stereocenters. The van der Waals surface area contributed by atoms with Crippen molar-refractivity contribution < 1.29 is 28.3 Å². The van der Waals surface area contributed by atoms with Crippen LogP contribution in [0.25, 0.3) is 0 Å². The molecule has 26 heavy (non-hydrogen) atoms. The highest BCUT2D eigenvalue weighted by atomic mass is 16.7. The Morgan fingerprint density at radius 1 is 1.31 bits per heavy atom. The highest BCUT2D eigenvalue weighted by Crippen LogP contribution is 2.48. The van der Waals surface area contributed by atoms with Crippen LogP contribution in [-0.2, 0) is 18.9 Å². The molecular weight excluding hydrogens is 342 g/mol. The first-order valence-electron chi connectivity index (χ1n) is 8.50. The van der Waals surface area contributed by atoms with Gasteiger partial charge in [0.1, 0.15) is 23.9 Å². The third-order valence-corrected chi connectivity index (χ3v) is 4.91. The van der Waals surface area contributed by atoms with Gasteiger partial charge in [0.2, 0.25) is 0 Å². The van der Waals surface area contributed by atoms with Crippen molar-refractivity contribution in [1.82, 2.24) is 0 Å². The SMILES string of the molecule is C=C1[C@H]2OC(C)(C)O[C@@H]1[C@H](c1ccco1)[C@@H]([N+](=O)[O-])[C@@H]2OC(C)(C)OC. The van der Waals surface area contributed by atoms with Crippen molar-refractivity contribution in [3.63, 3.8) is 0 Å². The molecule has 8 nitrogen and oxygen atoms in total. The Balaban J connectivity index is 2.10. The summed E-state index contributed by atoms with van der Waals surface area (Å²) >= 11 is 0. The zero-order valence-corrected chi connectivity index (χ0v) is 15.6. The molecule has 2 fully saturated rings. The molecule has 2 heterocycles. The second kappa shape index (κ2) is 6.45. The van der Waals surface area contributed by atoms with E-state index in [1.165, 1.54) is 13.4 Å². The van der Waals surface area contributed by atoms with E-state index in [2.05, 4.69) is 6.58 Å². The maximum atomic E-state index is 12.0. The van der Waals surface area contributed by atoms with Crippen LogP contribution in [-0.4, -0.2) is 48.0 Å². The highest BCUT2D eigenvalue weighted by Gasteiger charge is 2.62. The third-order valence-electron chi connectivity index (χ3n) is 4.91. The Bertz CT molecular complexity index is 682. The van der Waals surface area contributed by atoms with Gasteiger partial charge in [-0.05, 0) is 45.4 Å². The molecule has 0 radical (unpaired) electrons. The smallest absolute Gasteiger partial charge is 0.254 e. The Morgan fingerprint density at radius 3 is 2.50 bits per heavy atom. The van der Waals surface area contributed by atoms with Gasteiger partial charge in [-0.15, -0.1) is 0 Å². The molecule has 0 aromatic carbocycles.